The molecule has 3 aliphatic carbocycles. The van der Waals surface area contributed by atoms with Gasteiger partial charge < -0.3 is 14.4 Å². The number of rotatable bonds is 5. The van der Waals surface area contributed by atoms with Crippen LogP contribution in [0.25, 0.3) is 82.1 Å². The molecule has 2 saturated carbocycles. The monoisotopic (exact) mass is 973 g/mol. The largest absolute Gasteiger partial charge is 0.311 e. The summed E-state index contributed by atoms with van der Waals surface area (Å²) in [4.78, 5) is 5.31. The normalized spacial score (nSPS) is 16.0. The van der Waals surface area contributed by atoms with Crippen molar-refractivity contribution in [3.05, 3.63) is 217 Å². The van der Waals surface area contributed by atoms with Gasteiger partial charge in [0.05, 0.1) is 16.7 Å². The summed E-state index contributed by atoms with van der Waals surface area (Å²) < 4.78 is 2.62. The zero-order valence-electron chi connectivity index (χ0n) is 42.8. The van der Waals surface area contributed by atoms with Gasteiger partial charge in [0.1, 0.15) is 0 Å². The van der Waals surface area contributed by atoms with Crippen LogP contribution in [0.15, 0.2) is 206 Å². The average Bonchev–Trinajstić information content (AvgIpc) is 3.97. The fraction of sp³-hybridized carbons (Fsp3) is 0.167. The second-order valence-electron chi connectivity index (χ2n) is 22.8. The van der Waals surface area contributed by atoms with E-state index in [-0.39, 0.29) is 6.71 Å². The molecule has 11 aromatic carbocycles. The van der Waals surface area contributed by atoms with E-state index in [1.54, 1.807) is 0 Å². The highest BCUT2D eigenvalue weighted by Gasteiger charge is 2.45. The van der Waals surface area contributed by atoms with Gasteiger partial charge in [-0.3, -0.25) is 0 Å². The Morgan fingerprint density at radius 2 is 0.895 bits per heavy atom. The van der Waals surface area contributed by atoms with Crippen LogP contribution in [0.5, 0.6) is 0 Å². The SMILES string of the molecule is c1ccc2c(c1)-c1cccc3ccc4c(c13)c1c-2cccc1n4-c1cc2c3c(c1)N(c1ccc(C4CCCCC4)cc1)c1ccc4ccccc4c1B3c1cc(C3CCCCC3)ccc1N2c1ccc2ccccc2c1. The van der Waals surface area contributed by atoms with Crippen molar-refractivity contribution in [3.63, 3.8) is 0 Å². The third-order valence-corrected chi connectivity index (χ3v) is 18.8. The van der Waals surface area contributed by atoms with Crippen molar-refractivity contribution < 1.29 is 0 Å². The summed E-state index contributed by atoms with van der Waals surface area (Å²) in [6, 6.07) is 80.4. The Kier molecular flexibility index (Phi) is 9.37. The Hall–Kier alpha value is -8.34. The average molecular weight is 974 g/mol. The van der Waals surface area contributed by atoms with Crippen LogP contribution < -0.4 is 26.2 Å². The summed E-state index contributed by atoms with van der Waals surface area (Å²) in [5.74, 6) is 1.20. The molecule has 2 aliphatic heterocycles. The molecule has 1 aromatic heterocycles. The quantitative estimate of drug-likeness (QED) is 0.159. The van der Waals surface area contributed by atoms with Crippen molar-refractivity contribution in [2.75, 3.05) is 9.80 Å². The number of anilines is 6. The number of fused-ring (bicyclic) bond motifs is 10. The first-order valence-electron chi connectivity index (χ1n) is 28.3. The molecule has 4 heteroatoms. The summed E-state index contributed by atoms with van der Waals surface area (Å²) in [7, 11) is 0. The van der Waals surface area contributed by atoms with Crippen LogP contribution in [0.2, 0.25) is 0 Å². The molecule has 0 saturated heterocycles. The maximum Gasteiger partial charge on any atom is 0.252 e. The van der Waals surface area contributed by atoms with Crippen LogP contribution >= 0.6 is 0 Å². The lowest BCUT2D eigenvalue weighted by atomic mass is 9.32. The van der Waals surface area contributed by atoms with Crippen LogP contribution in [-0.4, -0.2) is 11.3 Å². The third kappa shape index (κ3) is 6.19. The molecule has 0 radical (unpaired) electrons. The molecule has 0 amide bonds. The van der Waals surface area contributed by atoms with E-state index >= 15 is 0 Å². The summed E-state index contributed by atoms with van der Waals surface area (Å²) in [6.45, 7) is -0.00786. The highest BCUT2D eigenvalue weighted by atomic mass is 15.2. The molecule has 0 bridgehead atoms. The minimum absolute atomic E-state index is 0.00786. The first-order valence-corrected chi connectivity index (χ1v) is 28.3. The van der Waals surface area contributed by atoms with Gasteiger partial charge in [-0.15, -0.1) is 0 Å². The van der Waals surface area contributed by atoms with Gasteiger partial charge in [-0.25, -0.2) is 0 Å². The summed E-state index contributed by atoms with van der Waals surface area (Å²) in [5.41, 5.74) is 23.4. The van der Waals surface area contributed by atoms with Gasteiger partial charge in [-0.05, 0) is 180 Å². The molecule has 0 N–H and O–H groups in total. The lowest BCUT2D eigenvalue weighted by Gasteiger charge is -2.45. The fourth-order valence-electron chi connectivity index (χ4n) is 15.4. The van der Waals surface area contributed by atoms with Gasteiger partial charge in [0.15, 0.2) is 0 Å². The molecule has 3 nitrogen and oxygen atoms in total. The highest BCUT2D eigenvalue weighted by Crippen LogP contribution is 2.52. The number of hydrogen-bond acceptors (Lipinski definition) is 2. The number of benzene rings is 11. The van der Waals surface area contributed by atoms with Crippen LogP contribution in [0.4, 0.5) is 34.1 Å². The fourth-order valence-corrected chi connectivity index (χ4v) is 15.4. The van der Waals surface area contributed by atoms with Gasteiger partial charge in [-0.1, -0.05) is 184 Å². The molecule has 0 unspecified atom stereocenters. The van der Waals surface area contributed by atoms with Crippen LogP contribution in [0.3, 0.4) is 0 Å². The molecule has 0 spiro atoms. The molecule has 0 atom stereocenters. The van der Waals surface area contributed by atoms with E-state index in [4.69, 9.17) is 0 Å². The van der Waals surface area contributed by atoms with E-state index in [1.807, 2.05) is 0 Å². The Morgan fingerprint density at radius 3 is 1.67 bits per heavy atom. The predicted molar refractivity (Wildman–Crippen MR) is 323 cm³/mol. The van der Waals surface area contributed by atoms with E-state index in [0.717, 1.165) is 5.69 Å². The molecular weight excluding hydrogens is 918 g/mol. The predicted octanol–water partition coefficient (Wildman–Crippen LogP) is 18.1. The van der Waals surface area contributed by atoms with Crippen LogP contribution in [0.1, 0.15) is 87.2 Å². The summed E-state index contributed by atoms with van der Waals surface area (Å²) >= 11 is 0. The molecule has 76 heavy (non-hydrogen) atoms. The first kappa shape index (κ1) is 43.0. The lowest BCUT2D eigenvalue weighted by Crippen LogP contribution is -2.61. The lowest BCUT2D eigenvalue weighted by molar-refractivity contribution is 0.443. The zero-order valence-corrected chi connectivity index (χ0v) is 42.8. The van der Waals surface area contributed by atoms with Crippen molar-refractivity contribution in [1.29, 1.82) is 0 Å². The van der Waals surface area contributed by atoms with Crippen molar-refractivity contribution in [1.82, 2.24) is 4.57 Å². The van der Waals surface area contributed by atoms with E-state index in [1.165, 1.54) is 202 Å². The van der Waals surface area contributed by atoms with Gasteiger partial charge in [0, 0.05) is 44.9 Å². The van der Waals surface area contributed by atoms with Crippen molar-refractivity contribution in [3.8, 4) is 27.9 Å². The second-order valence-corrected chi connectivity index (χ2v) is 22.8. The topological polar surface area (TPSA) is 11.4 Å². The summed E-state index contributed by atoms with van der Waals surface area (Å²) in [5, 5.41) is 10.4. The van der Waals surface area contributed by atoms with E-state index in [2.05, 4.69) is 221 Å². The van der Waals surface area contributed by atoms with Gasteiger partial charge in [-0.2, -0.15) is 0 Å². The first-order chi connectivity index (χ1) is 37.7. The van der Waals surface area contributed by atoms with E-state index in [9.17, 15) is 0 Å². The number of aromatic nitrogens is 1. The molecule has 5 aliphatic rings. The molecule has 2 fully saturated rings. The maximum absolute atomic E-state index is 2.67. The zero-order chi connectivity index (χ0) is 49.6. The Morgan fingerprint density at radius 1 is 0.329 bits per heavy atom. The molecule has 3 heterocycles. The van der Waals surface area contributed by atoms with E-state index in [0.29, 0.717) is 11.8 Å². The van der Waals surface area contributed by atoms with Crippen molar-refractivity contribution in [2.45, 2.75) is 76.0 Å². The van der Waals surface area contributed by atoms with Gasteiger partial charge >= 0.3 is 0 Å². The van der Waals surface area contributed by atoms with Crippen LogP contribution in [0, 0.1) is 0 Å². The van der Waals surface area contributed by atoms with Gasteiger partial charge in [0.2, 0.25) is 0 Å². The smallest absolute Gasteiger partial charge is 0.252 e. The highest BCUT2D eigenvalue weighted by molar-refractivity contribution is 7.01. The minimum Gasteiger partial charge on any atom is -0.311 e. The minimum atomic E-state index is -0.00786. The molecule has 12 aromatic rings. The number of nitrogens with zero attached hydrogens (tertiary/aromatic N) is 3. The second kappa shape index (κ2) is 16.6. The number of hydrogen-bond donors (Lipinski definition) is 0. The van der Waals surface area contributed by atoms with Crippen LogP contribution in [-0.2, 0) is 0 Å². The molecule has 362 valence electrons. The standard InChI is InChI=1S/C72H56BN3/c1-3-15-45(16-4-1)48-29-35-53(36-30-48)74-65-40-32-49-20-9-10-23-56(49)71(65)73-61-42-52(46-17-5-2-6-18-46)34-38-62(61)75(54-37-31-47-19-7-8-21-51(47)41-54)67-44-55(43-66(74)72(67)73)76-63-28-14-27-60-58-25-12-11-24-57(58)59-26-13-22-50-33-39-64(76)70(68(50)59)69(60)63/h7-14,19-46H,1-6,15-18H2. The Bertz CT molecular complexity index is 4400. The summed E-state index contributed by atoms with van der Waals surface area (Å²) in [6.07, 6.45) is 13.0. The molecular formula is C72H56BN3. The third-order valence-electron chi connectivity index (χ3n) is 18.8. The molecule has 17 rings (SSSR count). The van der Waals surface area contributed by atoms with E-state index < -0.39 is 0 Å². The van der Waals surface area contributed by atoms with Gasteiger partial charge in [0.25, 0.3) is 6.71 Å². The Labute approximate surface area is 444 Å². The maximum atomic E-state index is 2.67. The van der Waals surface area contributed by atoms with Crippen molar-refractivity contribution >= 4 is 111 Å². The van der Waals surface area contributed by atoms with Crippen molar-refractivity contribution in [2.24, 2.45) is 0 Å². The Balaban J connectivity index is 1.01.